The van der Waals surface area contributed by atoms with Crippen LogP contribution in [0.5, 0.6) is 5.06 Å². The number of Topliss-reactive ketones (excluding diaryl/α,β-unsaturated/α-hetero) is 1. The predicted molar refractivity (Wildman–Crippen MR) is 96.6 cm³/mol. The molecular weight excluding hydrogens is 353 g/mol. The Balaban J connectivity index is 1.60. The largest absolute Gasteiger partial charge is 0.468 e. The number of carbonyl (C=O) groups excluding carboxylic acids is 2. The Morgan fingerprint density at radius 3 is 2.77 bits per heavy atom. The van der Waals surface area contributed by atoms with Gasteiger partial charge in [-0.15, -0.1) is 11.3 Å². The highest BCUT2D eigenvalue weighted by Gasteiger charge is 2.38. The van der Waals surface area contributed by atoms with Crippen molar-refractivity contribution in [2.45, 2.75) is 38.8 Å². The lowest BCUT2D eigenvalue weighted by Crippen LogP contribution is -2.33. The van der Waals surface area contributed by atoms with Gasteiger partial charge in [0.15, 0.2) is 17.0 Å². The Morgan fingerprint density at radius 2 is 2.08 bits per heavy atom. The number of carbonyl (C=O) groups is 2. The van der Waals surface area contributed by atoms with Crippen LogP contribution in [0.3, 0.4) is 0 Å². The first-order chi connectivity index (χ1) is 12.5. The number of hydrogen-bond donors (Lipinski definition) is 0. The van der Waals surface area contributed by atoms with E-state index in [-0.39, 0.29) is 17.6 Å². The van der Waals surface area contributed by atoms with Gasteiger partial charge in [-0.25, -0.2) is 4.39 Å². The van der Waals surface area contributed by atoms with Crippen LogP contribution in [0, 0.1) is 11.7 Å². The molecule has 0 N–H and O–H groups in total. The molecule has 1 aromatic carbocycles. The quantitative estimate of drug-likeness (QED) is 0.799. The van der Waals surface area contributed by atoms with E-state index in [4.69, 9.17) is 4.74 Å². The second-order valence-electron chi connectivity index (χ2n) is 6.90. The lowest BCUT2D eigenvalue weighted by Gasteiger charge is -2.25. The summed E-state index contributed by atoms with van der Waals surface area (Å²) >= 11 is 1.49. The minimum Gasteiger partial charge on any atom is -0.468 e. The number of hydrogen-bond acceptors (Lipinski definition) is 4. The summed E-state index contributed by atoms with van der Waals surface area (Å²) < 4.78 is 20.3. The first-order valence-corrected chi connectivity index (χ1v) is 9.66. The highest BCUT2D eigenvalue weighted by Crippen LogP contribution is 2.40. The number of amides is 1. The third kappa shape index (κ3) is 3.38. The van der Waals surface area contributed by atoms with Crippen LogP contribution in [-0.4, -0.2) is 23.1 Å². The molecule has 1 aromatic heterocycles. The summed E-state index contributed by atoms with van der Waals surface area (Å²) in [7, 11) is 0. The lowest BCUT2D eigenvalue weighted by atomic mass is 10.0. The topological polar surface area (TPSA) is 46.6 Å². The number of thiophene rings is 1. The van der Waals surface area contributed by atoms with Crippen LogP contribution in [-0.2, 0) is 22.6 Å². The Hall–Kier alpha value is -2.21. The van der Waals surface area contributed by atoms with E-state index in [1.807, 2.05) is 6.07 Å². The van der Waals surface area contributed by atoms with Gasteiger partial charge in [0.1, 0.15) is 5.82 Å². The van der Waals surface area contributed by atoms with Crippen molar-refractivity contribution in [1.29, 1.82) is 0 Å². The van der Waals surface area contributed by atoms with Gasteiger partial charge in [0.25, 0.3) is 0 Å². The highest BCUT2D eigenvalue weighted by atomic mass is 32.1. The molecule has 2 aromatic rings. The van der Waals surface area contributed by atoms with E-state index in [1.54, 1.807) is 30.0 Å². The molecule has 4 rings (SSSR count). The third-order valence-electron chi connectivity index (χ3n) is 4.95. The van der Waals surface area contributed by atoms with Gasteiger partial charge in [-0.05, 0) is 37.0 Å². The van der Waals surface area contributed by atoms with Crippen molar-refractivity contribution in [2.75, 3.05) is 6.54 Å². The molecule has 6 heteroatoms. The Bertz CT molecular complexity index is 858. The molecule has 2 aliphatic rings. The molecule has 1 unspecified atom stereocenters. The summed E-state index contributed by atoms with van der Waals surface area (Å²) in [5.41, 5.74) is 1.35. The van der Waals surface area contributed by atoms with E-state index >= 15 is 0 Å². The number of fused-ring (bicyclic) bond motifs is 1. The Labute approximate surface area is 155 Å². The molecule has 1 aliphatic heterocycles. The number of nitrogens with zero attached hydrogens (tertiary/aromatic N) is 1. The summed E-state index contributed by atoms with van der Waals surface area (Å²) in [4.78, 5) is 27.3. The smallest absolute Gasteiger partial charge is 0.219 e. The molecule has 1 fully saturated rings. The fourth-order valence-electron chi connectivity index (χ4n) is 3.29. The molecule has 26 heavy (non-hydrogen) atoms. The summed E-state index contributed by atoms with van der Waals surface area (Å²) in [5.74, 6) is -0.442. The van der Waals surface area contributed by atoms with E-state index < -0.39 is 11.9 Å². The molecule has 0 spiro atoms. The number of rotatable bonds is 5. The van der Waals surface area contributed by atoms with Gasteiger partial charge in [0.05, 0.1) is 0 Å². The molecule has 1 amide bonds. The highest BCUT2D eigenvalue weighted by molar-refractivity contribution is 7.14. The molecule has 1 saturated carbocycles. The molecule has 0 saturated heterocycles. The minimum absolute atomic E-state index is 0.0256. The van der Waals surface area contributed by atoms with Crippen molar-refractivity contribution in [3.63, 3.8) is 0 Å². The number of benzene rings is 1. The average Bonchev–Trinajstić information content (AvgIpc) is 3.39. The first-order valence-electron chi connectivity index (χ1n) is 8.85. The van der Waals surface area contributed by atoms with Crippen LogP contribution >= 0.6 is 11.3 Å². The van der Waals surface area contributed by atoms with Crippen LogP contribution in [0.4, 0.5) is 4.39 Å². The number of ether oxygens (including phenoxy) is 1. The van der Waals surface area contributed by atoms with Gasteiger partial charge >= 0.3 is 0 Å². The van der Waals surface area contributed by atoms with Crippen molar-refractivity contribution in [3.8, 4) is 5.06 Å². The number of ketones is 1. The molecule has 0 radical (unpaired) electrons. The fraction of sp³-hybridized carbons (Fsp3) is 0.400. The third-order valence-corrected chi connectivity index (χ3v) is 6.08. The van der Waals surface area contributed by atoms with Crippen LogP contribution in [0.25, 0.3) is 0 Å². The van der Waals surface area contributed by atoms with Crippen molar-refractivity contribution >= 4 is 23.0 Å². The summed E-state index contributed by atoms with van der Waals surface area (Å²) in [6.07, 6.45) is 1.57. The van der Waals surface area contributed by atoms with Gasteiger partial charge < -0.3 is 9.64 Å². The zero-order chi connectivity index (χ0) is 18.3. The zero-order valence-electron chi connectivity index (χ0n) is 14.5. The molecule has 4 nitrogen and oxygen atoms in total. The fourth-order valence-corrected chi connectivity index (χ4v) is 4.33. The van der Waals surface area contributed by atoms with Crippen LogP contribution in [0.15, 0.2) is 30.3 Å². The van der Waals surface area contributed by atoms with Gasteiger partial charge in [-0.2, -0.15) is 0 Å². The summed E-state index contributed by atoms with van der Waals surface area (Å²) in [6.45, 7) is 2.82. The zero-order valence-corrected chi connectivity index (χ0v) is 15.4. The maximum atomic E-state index is 14.3. The van der Waals surface area contributed by atoms with E-state index in [2.05, 4.69) is 0 Å². The minimum atomic E-state index is -0.910. The summed E-state index contributed by atoms with van der Waals surface area (Å²) in [6, 6.07) is 8.20. The van der Waals surface area contributed by atoms with Crippen molar-refractivity contribution in [3.05, 3.63) is 52.2 Å². The normalized spacial score (nSPS) is 17.5. The number of halogens is 1. The van der Waals surface area contributed by atoms with Crippen molar-refractivity contribution < 1.29 is 18.7 Å². The maximum Gasteiger partial charge on any atom is 0.219 e. The van der Waals surface area contributed by atoms with E-state index in [1.165, 1.54) is 22.3 Å². The van der Waals surface area contributed by atoms with Crippen molar-refractivity contribution in [2.24, 2.45) is 5.92 Å². The van der Waals surface area contributed by atoms with Gasteiger partial charge in [-0.1, -0.05) is 18.2 Å². The molecular formula is C20H20FNO3S. The van der Waals surface area contributed by atoms with Gasteiger partial charge in [0.2, 0.25) is 5.91 Å². The molecule has 1 aliphatic carbocycles. The van der Waals surface area contributed by atoms with E-state index in [0.29, 0.717) is 23.7 Å². The molecule has 136 valence electrons. The first kappa shape index (κ1) is 17.2. The maximum absolute atomic E-state index is 14.3. The van der Waals surface area contributed by atoms with E-state index in [0.717, 1.165) is 24.8 Å². The van der Waals surface area contributed by atoms with Gasteiger partial charge in [0, 0.05) is 36.4 Å². The summed E-state index contributed by atoms with van der Waals surface area (Å²) in [5, 5.41) is 0.614. The van der Waals surface area contributed by atoms with Crippen LogP contribution in [0.2, 0.25) is 0 Å². The van der Waals surface area contributed by atoms with Gasteiger partial charge in [-0.3, -0.25) is 9.59 Å². The van der Waals surface area contributed by atoms with Crippen molar-refractivity contribution in [1.82, 2.24) is 4.90 Å². The van der Waals surface area contributed by atoms with Crippen LogP contribution in [0.1, 0.15) is 41.9 Å². The lowest BCUT2D eigenvalue weighted by molar-refractivity contribution is -0.129. The standard InChI is InChI=1S/C20H20FNO3S/c1-12(23)22-9-8-17-14(11-22)10-18(26-17)25-20(19(24)13-6-7-13)15-4-2-3-5-16(15)21/h2-5,10,13,20H,6-9,11H2,1H3. The second kappa shape index (κ2) is 6.83. The molecule has 0 bridgehead atoms. The molecule has 1 atom stereocenters. The Morgan fingerprint density at radius 1 is 1.31 bits per heavy atom. The predicted octanol–water partition coefficient (Wildman–Crippen LogP) is 3.89. The average molecular weight is 373 g/mol. The Kier molecular flexibility index (Phi) is 4.53. The molecule has 2 heterocycles. The SMILES string of the molecule is CC(=O)N1CCc2sc(OC(C(=O)C3CC3)c3ccccc3F)cc2C1. The monoisotopic (exact) mass is 373 g/mol. The van der Waals surface area contributed by atoms with Crippen LogP contribution < -0.4 is 4.74 Å². The van der Waals surface area contributed by atoms with E-state index in [9.17, 15) is 14.0 Å². The second-order valence-corrected chi connectivity index (χ2v) is 8.00.